The van der Waals surface area contributed by atoms with Crippen molar-refractivity contribution in [2.45, 2.75) is 13.3 Å². The van der Waals surface area contributed by atoms with Crippen LogP contribution in [-0.4, -0.2) is 19.5 Å². The molecule has 2 nitrogen and oxygen atoms in total. The number of benzene rings is 2. The quantitative estimate of drug-likeness (QED) is 0.772. The number of carbonyl (C=O) groups is 1. The topological polar surface area (TPSA) is 26.3 Å². The Hall–Kier alpha value is -2.00. The number of halogens is 1. The summed E-state index contributed by atoms with van der Waals surface area (Å²) in [6.45, 7) is 2.15. The Labute approximate surface area is 118 Å². The lowest BCUT2D eigenvalue weighted by Gasteiger charge is -2.08. The van der Waals surface area contributed by atoms with Gasteiger partial charge in [0.1, 0.15) is 5.82 Å². The zero-order chi connectivity index (χ0) is 14.5. The van der Waals surface area contributed by atoms with Gasteiger partial charge in [-0.2, -0.15) is 0 Å². The first-order valence-corrected chi connectivity index (χ1v) is 6.50. The second-order valence-corrected chi connectivity index (χ2v) is 4.69. The highest BCUT2D eigenvalue weighted by Gasteiger charge is 2.10. The van der Waals surface area contributed by atoms with Gasteiger partial charge in [0, 0.05) is 12.7 Å². The molecule has 0 fully saturated rings. The van der Waals surface area contributed by atoms with Gasteiger partial charge in [-0.05, 0) is 48.2 Å². The molecule has 2 aromatic carbocycles. The summed E-state index contributed by atoms with van der Waals surface area (Å²) in [5.74, 6) is -0.406. The number of rotatable bonds is 5. The molecule has 104 valence electrons. The SMILES string of the molecule is COCCc1ccc(-c2cc(F)ccc2C(C)=O)cc1. The van der Waals surface area contributed by atoms with Gasteiger partial charge >= 0.3 is 0 Å². The standard InChI is InChI=1S/C17H17FO2/c1-12(19)16-8-7-15(18)11-17(16)14-5-3-13(4-6-14)9-10-20-2/h3-8,11H,9-10H2,1-2H3. The molecular formula is C17H17FO2. The molecular weight excluding hydrogens is 255 g/mol. The highest BCUT2D eigenvalue weighted by molar-refractivity contribution is 6.00. The van der Waals surface area contributed by atoms with Crippen LogP contribution in [0.25, 0.3) is 11.1 Å². The average molecular weight is 272 g/mol. The normalized spacial score (nSPS) is 10.6. The second kappa shape index (κ2) is 6.44. The third-order valence-corrected chi connectivity index (χ3v) is 3.22. The monoisotopic (exact) mass is 272 g/mol. The van der Waals surface area contributed by atoms with E-state index in [2.05, 4.69) is 0 Å². The van der Waals surface area contributed by atoms with Crippen molar-refractivity contribution < 1.29 is 13.9 Å². The first-order chi connectivity index (χ1) is 9.61. The van der Waals surface area contributed by atoms with Gasteiger partial charge in [0.05, 0.1) is 6.61 Å². The van der Waals surface area contributed by atoms with Crippen LogP contribution in [0.4, 0.5) is 4.39 Å². The largest absolute Gasteiger partial charge is 0.384 e. The van der Waals surface area contributed by atoms with Crippen molar-refractivity contribution in [3.05, 3.63) is 59.4 Å². The number of ketones is 1. The van der Waals surface area contributed by atoms with E-state index in [9.17, 15) is 9.18 Å². The van der Waals surface area contributed by atoms with Gasteiger partial charge in [0.15, 0.2) is 5.78 Å². The van der Waals surface area contributed by atoms with E-state index in [4.69, 9.17) is 4.74 Å². The predicted octanol–water partition coefficient (Wildman–Crippen LogP) is 3.88. The van der Waals surface area contributed by atoms with E-state index in [0.29, 0.717) is 17.7 Å². The average Bonchev–Trinajstić information content (AvgIpc) is 2.45. The van der Waals surface area contributed by atoms with Crippen LogP contribution in [0, 0.1) is 5.82 Å². The molecule has 0 radical (unpaired) electrons. The van der Waals surface area contributed by atoms with Crippen molar-refractivity contribution in [3.63, 3.8) is 0 Å². The molecule has 0 bridgehead atoms. The Morgan fingerprint density at radius 1 is 1.15 bits per heavy atom. The number of carbonyl (C=O) groups excluding carboxylic acids is 1. The summed E-state index contributed by atoms with van der Waals surface area (Å²) in [4.78, 5) is 11.6. The predicted molar refractivity (Wildman–Crippen MR) is 77.4 cm³/mol. The highest BCUT2D eigenvalue weighted by Crippen LogP contribution is 2.25. The van der Waals surface area contributed by atoms with E-state index in [1.807, 2.05) is 24.3 Å². The molecule has 0 aliphatic carbocycles. The van der Waals surface area contributed by atoms with E-state index < -0.39 is 0 Å². The van der Waals surface area contributed by atoms with Crippen LogP contribution in [0.2, 0.25) is 0 Å². The Kier molecular flexibility index (Phi) is 4.64. The molecule has 3 heteroatoms. The van der Waals surface area contributed by atoms with Gasteiger partial charge in [-0.25, -0.2) is 4.39 Å². The van der Waals surface area contributed by atoms with Crippen molar-refractivity contribution in [2.75, 3.05) is 13.7 Å². The van der Waals surface area contributed by atoms with Crippen molar-refractivity contribution in [3.8, 4) is 11.1 Å². The molecule has 0 saturated carbocycles. The Balaban J connectivity index is 2.36. The Morgan fingerprint density at radius 3 is 2.45 bits per heavy atom. The number of ether oxygens (including phenoxy) is 1. The minimum atomic E-state index is -0.339. The lowest BCUT2D eigenvalue weighted by molar-refractivity contribution is 0.101. The van der Waals surface area contributed by atoms with Crippen molar-refractivity contribution in [2.24, 2.45) is 0 Å². The summed E-state index contributed by atoms with van der Waals surface area (Å²) in [6, 6.07) is 12.0. The molecule has 2 aromatic rings. The van der Waals surface area contributed by atoms with Gasteiger partial charge in [0.2, 0.25) is 0 Å². The first kappa shape index (κ1) is 14.4. The van der Waals surface area contributed by atoms with Crippen LogP contribution in [0.5, 0.6) is 0 Å². The van der Waals surface area contributed by atoms with Crippen LogP contribution in [0.1, 0.15) is 22.8 Å². The highest BCUT2D eigenvalue weighted by atomic mass is 19.1. The Morgan fingerprint density at radius 2 is 1.85 bits per heavy atom. The van der Waals surface area contributed by atoms with E-state index >= 15 is 0 Å². The summed E-state index contributed by atoms with van der Waals surface area (Å²) in [5.41, 5.74) is 3.17. The number of methoxy groups -OCH3 is 1. The maximum Gasteiger partial charge on any atom is 0.160 e. The lowest BCUT2D eigenvalue weighted by atomic mass is 9.96. The number of hydrogen-bond acceptors (Lipinski definition) is 2. The minimum absolute atomic E-state index is 0.0662. The molecule has 20 heavy (non-hydrogen) atoms. The van der Waals surface area contributed by atoms with E-state index in [1.54, 1.807) is 7.11 Å². The van der Waals surface area contributed by atoms with Crippen molar-refractivity contribution in [1.29, 1.82) is 0 Å². The summed E-state index contributed by atoms with van der Waals surface area (Å²) in [5, 5.41) is 0. The van der Waals surface area contributed by atoms with Gasteiger partial charge in [-0.1, -0.05) is 24.3 Å². The van der Waals surface area contributed by atoms with Gasteiger partial charge in [0.25, 0.3) is 0 Å². The third kappa shape index (κ3) is 3.31. The summed E-state index contributed by atoms with van der Waals surface area (Å²) < 4.78 is 18.4. The molecule has 0 saturated heterocycles. The zero-order valence-electron chi connectivity index (χ0n) is 11.7. The zero-order valence-corrected chi connectivity index (χ0v) is 11.7. The van der Waals surface area contributed by atoms with E-state index in [1.165, 1.54) is 25.1 Å². The minimum Gasteiger partial charge on any atom is -0.384 e. The van der Waals surface area contributed by atoms with Crippen LogP contribution >= 0.6 is 0 Å². The van der Waals surface area contributed by atoms with Crippen molar-refractivity contribution in [1.82, 2.24) is 0 Å². The smallest absolute Gasteiger partial charge is 0.160 e. The second-order valence-electron chi connectivity index (χ2n) is 4.69. The lowest BCUT2D eigenvalue weighted by Crippen LogP contribution is -1.98. The molecule has 0 aliphatic heterocycles. The van der Waals surface area contributed by atoms with E-state index in [0.717, 1.165) is 17.5 Å². The maximum absolute atomic E-state index is 13.4. The van der Waals surface area contributed by atoms with Gasteiger partial charge in [-0.3, -0.25) is 4.79 Å². The number of Topliss-reactive ketones (excluding diaryl/α,β-unsaturated/α-hetero) is 1. The summed E-state index contributed by atoms with van der Waals surface area (Å²) in [7, 11) is 1.67. The van der Waals surface area contributed by atoms with Crippen LogP contribution in [0.3, 0.4) is 0 Å². The fraction of sp³-hybridized carbons (Fsp3) is 0.235. The Bertz CT molecular complexity index is 603. The van der Waals surface area contributed by atoms with Crippen LogP contribution in [-0.2, 0) is 11.2 Å². The first-order valence-electron chi connectivity index (χ1n) is 6.50. The van der Waals surface area contributed by atoms with Gasteiger partial charge < -0.3 is 4.74 Å². The molecule has 0 N–H and O–H groups in total. The molecule has 0 spiro atoms. The van der Waals surface area contributed by atoms with Crippen LogP contribution in [0.15, 0.2) is 42.5 Å². The molecule has 0 unspecified atom stereocenters. The maximum atomic E-state index is 13.4. The fourth-order valence-electron chi connectivity index (χ4n) is 2.13. The molecule has 0 aromatic heterocycles. The summed E-state index contributed by atoms with van der Waals surface area (Å²) >= 11 is 0. The van der Waals surface area contributed by atoms with Gasteiger partial charge in [-0.15, -0.1) is 0 Å². The number of hydrogen-bond donors (Lipinski definition) is 0. The molecule has 0 heterocycles. The van der Waals surface area contributed by atoms with Crippen LogP contribution < -0.4 is 0 Å². The fourth-order valence-corrected chi connectivity index (χ4v) is 2.13. The molecule has 2 rings (SSSR count). The molecule has 0 amide bonds. The molecule has 0 atom stereocenters. The summed E-state index contributed by atoms with van der Waals surface area (Å²) in [6.07, 6.45) is 0.833. The van der Waals surface area contributed by atoms with E-state index in [-0.39, 0.29) is 11.6 Å². The molecule has 0 aliphatic rings. The van der Waals surface area contributed by atoms with Crippen molar-refractivity contribution >= 4 is 5.78 Å². The third-order valence-electron chi connectivity index (χ3n) is 3.22.